The molecule has 1 heterocycles. The first kappa shape index (κ1) is 22.6. The molecular formula is C22H23ClN2O3S. The minimum Gasteiger partial charge on any atom is -0.396 e. The van der Waals surface area contributed by atoms with E-state index in [1.807, 2.05) is 31.2 Å². The fourth-order valence-corrected chi connectivity index (χ4v) is 3.79. The van der Waals surface area contributed by atoms with Crippen LogP contribution in [0.1, 0.15) is 33.5 Å². The third kappa shape index (κ3) is 6.71. The van der Waals surface area contributed by atoms with E-state index in [4.69, 9.17) is 16.7 Å². The highest BCUT2D eigenvalue weighted by Gasteiger charge is 2.15. The SMILES string of the molecule is C=C(Cl)/C(=C\C)c1ccc(/C=C(\NC(=O)c2ccccc2)C(=O)NCCCO)s1. The molecule has 7 heteroatoms. The third-order valence-electron chi connectivity index (χ3n) is 3.91. The topological polar surface area (TPSA) is 78.4 Å². The summed E-state index contributed by atoms with van der Waals surface area (Å²) in [4.78, 5) is 26.8. The van der Waals surface area contributed by atoms with Gasteiger partial charge in [0, 0.05) is 39.1 Å². The Morgan fingerprint density at radius 3 is 2.55 bits per heavy atom. The van der Waals surface area contributed by atoms with E-state index in [2.05, 4.69) is 17.2 Å². The Labute approximate surface area is 179 Å². The number of hydrogen-bond donors (Lipinski definition) is 3. The number of carbonyl (C=O) groups excluding carboxylic acids is 2. The molecule has 0 unspecified atom stereocenters. The minimum absolute atomic E-state index is 0.0293. The summed E-state index contributed by atoms with van der Waals surface area (Å²) in [5.41, 5.74) is 1.39. The van der Waals surface area contributed by atoms with Crippen molar-refractivity contribution < 1.29 is 14.7 Å². The van der Waals surface area contributed by atoms with Gasteiger partial charge in [-0.05, 0) is 43.7 Å². The van der Waals surface area contributed by atoms with E-state index in [0.29, 0.717) is 23.6 Å². The zero-order valence-electron chi connectivity index (χ0n) is 16.1. The lowest BCUT2D eigenvalue weighted by molar-refractivity contribution is -0.117. The van der Waals surface area contributed by atoms with Gasteiger partial charge in [0.05, 0.1) is 0 Å². The highest BCUT2D eigenvalue weighted by atomic mass is 35.5. The molecule has 0 bridgehead atoms. The highest BCUT2D eigenvalue weighted by molar-refractivity contribution is 7.14. The fraction of sp³-hybridized carbons (Fsp3) is 0.182. The van der Waals surface area contributed by atoms with Gasteiger partial charge in [0.2, 0.25) is 0 Å². The lowest BCUT2D eigenvalue weighted by Crippen LogP contribution is -2.35. The molecule has 5 nitrogen and oxygen atoms in total. The number of benzene rings is 1. The average Bonchev–Trinajstić information content (AvgIpc) is 3.16. The van der Waals surface area contributed by atoms with Crippen molar-refractivity contribution in [3.63, 3.8) is 0 Å². The van der Waals surface area contributed by atoms with Crippen LogP contribution in [0.5, 0.6) is 0 Å². The number of aliphatic hydroxyl groups excluding tert-OH is 1. The summed E-state index contributed by atoms with van der Waals surface area (Å²) < 4.78 is 0. The number of halogens is 1. The number of carbonyl (C=O) groups is 2. The van der Waals surface area contributed by atoms with Gasteiger partial charge >= 0.3 is 0 Å². The van der Waals surface area contributed by atoms with Crippen molar-refractivity contribution in [2.75, 3.05) is 13.2 Å². The normalized spacial score (nSPS) is 11.8. The Hall–Kier alpha value is -2.67. The van der Waals surface area contributed by atoms with Gasteiger partial charge < -0.3 is 15.7 Å². The molecule has 0 aliphatic heterocycles. The molecule has 0 atom stereocenters. The Morgan fingerprint density at radius 1 is 1.21 bits per heavy atom. The highest BCUT2D eigenvalue weighted by Crippen LogP contribution is 2.31. The second kappa shape index (κ2) is 11.4. The Bertz CT molecular complexity index is 933. The predicted octanol–water partition coefficient (Wildman–Crippen LogP) is 4.17. The standard InChI is InChI=1S/C22H23ClN2O3S/c1-3-18(15(2)23)20-11-10-17(29-20)14-19(22(28)24-12-7-13-26)25-21(27)16-8-5-4-6-9-16/h3-6,8-11,14,26H,2,7,12-13H2,1H3,(H,24,28)(H,25,27)/b18-3+,19-14-. The molecule has 29 heavy (non-hydrogen) atoms. The van der Waals surface area contributed by atoms with Gasteiger partial charge in [-0.1, -0.05) is 42.5 Å². The fourth-order valence-electron chi connectivity index (χ4n) is 2.47. The van der Waals surface area contributed by atoms with Gasteiger partial charge in [-0.2, -0.15) is 0 Å². The zero-order valence-corrected chi connectivity index (χ0v) is 17.6. The van der Waals surface area contributed by atoms with Gasteiger partial charge in [0.1, 0.15) is 5.70 Å². The van der Waals surface area contributed by atoms with E-state index in [1.54, 1.807) is 30.3 Å². The first-order valence-electron chi connectivity index (χ1n) is 9.04. The van der Waals surface area contributed by atoms with Crippen LogP contribution < -0.4 is 10.6 Å². The van der Waals surface area contributed by atoms with E-state index < -0.39 is 5.91 Å². The maximum absolute atomic E-state index is 12.6. The van der Waals surface area contributed by atoms with Gasteiger partial charge in [-0.15, -0.1) is 11.3 Å². The molecule has 0 radical (unpaired) electrons. The summed E-state index contributed by atoms with van der Waals surface area (Å²) in [5.74, 6) is -0.806. The molecule has 1 aromatic heterocycles. The summed E-state index contributed by atoms with van der Waals surface area (Å²) in [5, 5.41) is 14.7. The summed E-state index contributed by atoms with van der Waals surface area (Å²) in [6.07, 6.45) is 3.92. The number of aliphatic hydroxyl groups is 1. The number of thiophene rings is 1. The van der Waals surface area contributed by atoms with Crippen molar-refractivity contribution in [1.29, 1.82) is 0 Å². The molecule has 0 spiro atoms. The van der Waals surface area contributed by atoms with Crippen LogP contribution in [-0.4, -0.2) is 30.1 Å². The molecule has 2 rings (SSSR count). The van der Waals surface area contributed by atoms with Gasteiger partial charge in [-0.3, -0.25) is 9.59 Å². The van der Waals surface area contributed by atoms with Crippen molar-refractivity contribution in [1.82, 2.24) is 10.6 Å². The van der Waals surface area contributed by atoms with Crippen molar-refractivity contribution in [2.24, 2.45) is 0 Å². The Kier molecular flexibility index (Phi) is 8.86. The van der Waals surface area contributed by atoms with E-state index in [0.717, 1.165) is 15.3 Å². The summed E-state index contributed by atoms with van der Waals surface area (Å²) in [6, 6.07) is 12.4. The maximum atomic E-state index is 12.6. The molecule has 0 aliphatic carbocycles. The molecule has 152 valence electrons. The van der Waals surface area contributed by atoms with Gasteiger partial charge in [0.25, 0.3) is 11.8 Å². The van der Waals surface area contributed by atoms with Crippen LogP contribution in [0.3, 0.4) is 0 Å². The van der Waals surface area contributed by atoms with Crippen molar-refractivity contribution >= 4 is 46.4 Å². The molecule has 1 aromatic carbocycles. The number of hydrogen-bond acceptors (Lipinski definition) is 4. The number of allylic oxidation sites excluding steroid dienone is 3. The first-order chi connectivity index (χ1) is 14.0. The first-order valence-corrected chi connectivity index (χ1v) is 10.2. The molecular weight excluding hydrogens is 408 g/mol. The Balaban J connectivity index is 2.29. The summed E-state index contributed by atoms with van der Waals surface area (Å²) in [7, 11) is 0. The van der Waals surface area contributed by atoms with Crippen LogP contribution in [-0.2, 0) is 4.79 Å². The number of amides is 2. The van der Waals surface area contributed by atoms with Crippen LogP contribution in [0.25, 0.3) is 11.6 Å². The second-order valence-corrected chi connectivity index (χ2v) is 7.59. The molecule has 0 saturated carbocycles. The molecule has 2 aromatic rings. The number of nitrogens with one attached hydrogen (secondary N) is 2. The summed E-state index contributed by atoms with van der Waals surface area (Å²) in [6.45, 7) is 5.91. The van der Waals surface area contributed by atoms with Crippen molar-refractivity contribution in [3.8, 4) is 0 Å². The molecule has 0 aliphatic rings. The number of rotatable bonds is 9. The largest absolute Gasteiger partial charge is 0.396 e. The monoisotopic (exact) mass is 430 g/mol. The smallest absolute Gasteiger partial charge is 0.267 e. The van der Waals surface area contributed by atoms with E-state index in [9.17, 15) is 9.59 Å². The zero-order chi connectivity index (χ0) is 21.2. The second-order valence-electron chi connectivity index (χ2n) is 6.02. The van der Waals surface area contributed by atoms with E-state index in [-0.39, 0.29) is 18.2 Å². The van der Waals surface area contributed by atoms with Crippen LogP contribution in [0.15, 0.2) is 65.8 Å². The van der Waals surface area contributed by atoms with Crippen LogP contribution in [0, 0.1) is 0 Å². The van der Waals surface area contributed by atoms with Crippen molar-refractivity contribution in [2.45, 2.75) is 13.3 Å². The maximum Gasteiger partial charge on any atom is 0.267 e. The predicted molar refractivity (Wildman–Crippen MR) is 120 cm³/mol. The average molecular weight is 431 g/mol. The quantitative estimate of drug-likeness (QED) is 0.317. The van der Waals surface area contributed by atoms with Crippen LogP contribution in [0.4, 0.5) is 0 Å². The molecule has 3 N–H and O–H groups in total. The van der Waals surface area contributed by atoms with Gasteiger partial charge in [-0.25, -0.2) is 0 Å². The lowest BCUT2D eigenvalue weighted by Gasteiger charge is -2.10. The van der Waals surface area contributed by atoms with E-state index in [1.165, 1.54) is 11.3 Å². The van der Waals surface area contributed by atoms with Crippen molar-refractivity contribution in [3.05, 3.63) is 81.2 Å². The Morgan fingerprint density at radius 2 is 1.93 bits per heavy atom. The minimum atomic E-state index is -0.425. The third-order valence-corrected chi connectivity index (χ3v) is 5.18. The van der Waals surface area contributed by atoms with E-state index >= 15 is 0 Å². The van der Waals surface area contributed by atoms with Crippen LogP contribution in [0.2, 0.25) is 0 Å². The molecule has 2 amide bonds. The molecule has 0 fully saturated rings. The summed E-state index contributed by atoms with van der Waals surface area (Å²) >= 11 is 7.47. The lowest BCUT2D eigenvalue weighted by atomic mass is 10.2. The van der Waals surface area contributed by atoms with Crippen LogP contribution >= 0.6 is 22.9 Å². The molecule has 0 saturated heterocycles. The van der Waals surface area contributed by atoms with Gasteiger partial charge in [0.15, 0.2) is 0 Å².